The van der Waals surface area contributed by atoms with E-state index in [0.29, 0.717) is 23.9 Å². The standard InChI is InChI=1S/C12H24N6/c1-7-17(5)11-14-10(13-9(3)4)15-12(16-11)18(6)8-2/h9H,7-8H2,1-6H3,(H,13,14,15,16). The quantitative estimate of drug-likeness (QED) is 0.830. The van der Waals surface area contributed by atoms with Crippen LogP contribution in [0.2, 0.25) is 0 Å². The van der Waals surface area contributed by atoms with E-state index in [2.05, 4.69) is 48.0 Å². The third kappa shape index (κ3) is 3.72. The van der Waals surface area contributed by atoms with Crippen molar-refractivity contribution in [3.63, 3.8) is 0 Å². The molecule has 0 aliphatic rings. The second kappa shape index (κ2) is 6.37. The molecule has 0 spiro atoms. The molecule has 0 atom stereocenters. The topological polar surface area (TPSA) is 57.2 Å². The number of aromatic nitrogens is 3. The van der Waals surface area contributed by atoms with Gasteiger partial charge in [-0.05, 0) is 27.7 Å². The Morgan fingerprint density at radius 2 is 1.39 bits per heavy atom. The fourth-order valence-corrected chi connectivity index (χ4v) is 1.30. The van der Waals surface area contributed by atoms with Crippen LogP contribution >= 0.6 is 0 Å². The van der Waals surface area contributed by atoms with Crippen molar-refractivity contribution in [2.45, 2.75) is 33.7 Å². The van der Waals surface area contributed by atoms with Crippen LogP contribution in [0.25, 0.3) is 0 Å². The minimum atomic E-state index is 0.298. The van der Waals surface area contributed by atoms with E-state index in [4.69, 9.17) is 0 Å². The van der Waals surface area contributed by atoms with Gasteiger partial charge in [0.25, 0.3) is 0 Å². The molecule has 18 heavy (non-hydrogen) atoms. The zero-order valence-electron chi connectivity index (χ0n) is 12.2. The summed E-state index contributed by atoms with van der Waals surface area (Å²) in [5.74, 6) is 2.03. The Labute approximate surface area is 109 Å². The van der Waals surface area contributed by atoms with Crippen molar-refractivity contribution in [1.29, 1.82) is 0 Å². The number of nitrogens with zero attached hydrogens (tertiary/aromatic N) is 5. The summed E-state index contributed by atoms with van der Waals surface area (Å²) in [4.78, 5) is 17.3. The van der Waals surface area contributed by atoms with Gasteiger partial charge in [0.15, 0.2) is 0 Å². The van der Waals surface area contributed by atoms with E-state index in [-0.39, 0.29) is 0 Å². The molecule has 1 N–H and O–H groups in total. The van der Waals surface area contributed by atoms with E-state index in [0.717, 1.165) is 13.1 Å². The van der Waals surface area contributed by atoms with Crippen LogP contribution in [0.15, 0.2) is 0 Å². The van der Waals surface area contributed by atoms with E-state index in [9.17, 15) is 0 Å². The summed E-state index contributed by atoms with van der Waals surface area (Å²) in [7, 11) is 3.95. The van der Waals surface area contributed by atoms with Gasteiger partial charge in [-0.2, -0.15) is 15.0 Å². The van der Waals surface area contributed by atoms with Crippen LogP contribution in [-0.4, -0.2) is 48.2 Å². The molecule has 0 aliphatic heterocycles. The molecule has 0 saturated carbocycles. The fraction of sp³-hybridized carbons (Fsp3) is 0.750. The number of nitrogens with one attached hydrogen (secondary N) is 1. The highest BCUT2D eigenvalue weighted by Crippen LogP contribution is 2.15. The highest BCUT2D eigenvalue weighted by Gasteiger charge is 2.12. The zero-order chi connectivity index (χ0) is 13.7. The molecule has 1 aromatic heterocycles. The molecule has 0 unspecified atom stereocenters. The second-order valence-corrected chi connectivity index (χ2v) is 4.59. The molecule has 6 heteroatoms. The Bertz CT molecular complexity index is 351. The van der Waals surface area contributed by atoms with Gasteiger partial charge in [0, 0.05) is 33.2 Å². The summed E-state index contributed by atoms with van der Waals surface area (Å²) < 4.78 is 0. The van der Waals surface area contributed by atoms with Crippen molar-refractivity contribution in [3.8, 4) is 0 Å². The maximum Gasteiger partial charge on any atom is 0.231 e. The first-order valence-electron chi connectivity index (χ1n) is 6.42. The summed E-state index contributed by atoms with van der Waals surface area (Å²) in [6.45, 7) is 10.00. The van der Waals surface area contributed by atoms with Crippen molar-refractivity contribution >= 4 is 17.8 Å². The lowest BCUT2D eigenvalue weighted by Gasteiger charge is -2.20. The first-order valence-corrected chi connectivity index (χ1v) is 6.42. The molecule has 0 fully saturated rings. The average Bonchev–Trinajstić information content (AvgIpc) is 2.35. The molecular formula is C12H24N6. The van der Waals surface area contributed by atoms with E-state index in [1.54, 1.807) is 0 Å². The van der Waals surface area contributed by atoms with Crippen LogP contribution in [0.1, 0.15) is 27.7 Å². The predicted octanol–water partition coefficient (Wildman–Crippen LogP) is 1.60. The highest BCUT2D eigenvalue weighted by atomic mass is 15.3. The third-order valence-electron chi connectivity index (χ3n) is 2.66. The first kappa shape index (κ1) is 14.5. The molecule has 1 aromatic rings. The molecule has 0 radical (unpaired) electrons. The van der Waals surface area contributed by atoms with Crippen molar-refractivity contribution in [2.75, 3.05) is 42.3 Å². The van der Waals surface area contributed by atoms with Crippen molar-refractivity contribution in [3.05, 3.63) is 0 Å². The van der Waals surface area contributed by atoms with Crippen LogP contribution in [0, 0.1) is 0 Å². The van der Waals surface area contributed by atoms with Gasteiger partial charge in [0.05, 0.1) is 0 Å². The maximum absolute atomic E-state index is 4.47. The average molecular weight is 252 g/mol. The SMILES string of the molecule is CCN(C)c1nc(NC(C)C)nc(N(C)CC)n1. The molecule has 6 nitrogen and oxygen atoms in total. The van der Waals surface area contributed by atoms with Crippen LogP contribution in [-0.2, 0) is 0 Å². The minimum Gasteiger partial charge on any atom is -0.352 e. The molecule has 0 saturated heterocycles. The predicted molar refractivity (Wildman–Crippen MR) is 76.5 cm³/mol. The van der Waals surface area contributed by atoms with E-state index in [1.165, 1.54) is 0 Å². The van der Waals surface area contributed by atoms with E-state index in [1.807, 2.05) is 23.9 Å². The summed E-state index contributed by atoms with van der Waals surface area (Å²) in [5.41, 5.74) is 0. The van der Waals surface area contributed by atoms with E-state index >= 15 is 0 Å². The lowest BCUT2D eigenvalue weighted by Crippen LogP contribution is -2.25. The highest BCUT2D eigenvalue weighted by molar-refractivity contribution is 5.44. The Morgan fingerprint density at radius 1 is 0.944 bits per heavy atom. The van der Waals surface area contributed by atoms with Gasteiger partial charge in [-0.25, -0.2) is 0 Å². The normalized spacial score (nSPS) is 10.6. The summed E-state index contributed by atoms with van der Waals surface area (Å²) in [6.07, 6.45) is 0. The van der Waals surface area contributed by atoms with Crippen molar-refractivity contribution < 1.29 is 0 Å². The molecule has 1 rings (SSSR count). The molecular weight excluding hydrogens is 228 g/mol. The lowest BCUT2D eigenvalue weighted by molar-refractivity contribution is 0.820. The monoisotopic (exact) mass is 252 g/mol. The van der Waals surface area contributed by atoms with Crippen LogP contribution in [0.3, 0.4) is 0 Å². The summed E-state index contributed by atoms with van der Waals surface area (Å²) in [5, 5.41) is 3.23. The van der Waals surface area contributed by atoms with Gasteiger partial charge in [-0.1, -0.05) is 0 Å². The van der Waals surface area contributed by atoms with Crippen molar-refractivity contribution in [2.24, 2.45) is 0 Å². The molecule has 102 valence electrons. The molecule has 0 aromatic carbocycles. The molecule has 0 amide bonds. The zero-order valence-corrected chi connectivity index (χ0v) is 12.2. The smallest absolute Gasteiger partial charge is 0.231 e. The number of anilines is 3. The Balaban J connectivity index is 3.11. The Kier molecular flexibility index (Phi) is 5.12. The van der Waals surface area contributed by atoms with Gasteiger partial charge in [0.2, 0.25) is 17.8 Å². The minimum absolute atomic E-state index is 0.298. The van der Waals surface area contributed by atoms with Crippen LogP contribution in [0.5, 0.6) is 0 Å². The number of hydrogen-bond donors (Lipinski definition) is 1. The molecule has 1 heterocycles. The van der Waals surface area contributed by atoms with E-state index < -0.39 is 0 Å². The molecule has 0 bridgehead atoms. The maximum atomic E-state index is 4.47. The van der Waals surface area contributed by atoms with Crippen LogP contribution in [0.4, 0.5) is 17.8 Å². The lowest BCUT2D eigenvalue weighted by atomic mass is 10.4. The summed E-state index contributed by atoms with van der Waals surface area (Å²) in [6, 6.07) is 0.298. The van der Waals surface area contributed by atoms with Gasteiger partial charge >= 0.3 is 0 Å². The Morgan fingerprint density at radius 3 is 1.72 bits per heavy atom. The van der Waals surface area contributed by atoms with Gasteiger partial charge < -0.3 is 15.1 Å². The van der Waals surface area contributed by atoms with Crippen molar-refractivity contribution in [1.82, 2.24) is 15.0 Å². The second-order valence-electron chi connectivity index (χ2n) is 4.59. The fourth-order valence-electron chi connectivity index (χ4n) is 1.30. The van der Waals surface area contributed by atoms with Gasteiger partial charge in [-0.15, -0.1) is 0 Å². The first-order chi connectivity index (χ1) is 8.47. The van der Waals surface area contributed by atoms with Gasteiger partial charge in [-0.3, -0.25) is 0 Å². The van der Waals surface area contributed by atoms with Gasteiger partial charge in [0.1, 0.15) is 0 Å². The molecule has 0 aliphatic carbocycles. The Hall–Kier alpha value is -1.59. The number of rotatable bonds is 6. The van der Waals surface area contributed by atoms with Crippen LogP contribution < -0.4 is 15.1 Å². The largest absolute Gasteiger partial charge is 0.352 e. The number of hydrogen-bond acceptors (Lipinski definition) is 6. The summed E-state index contributed by atoms with van der Waals surface area (Å²) >= 11 is 0. The third-order valence-corrected chi connectivity index (χ3v) is 2.66.